The fraction of sp³-hybridized carbons (Fsp3) is 0.643. The number of nitrogens with zero attached hydrogens (tertiary/aromatic N) is 3. The molecule has 6 aromatic carbocycles. The maximum atomic E-state index is 2.84. The molecule has 0 radical (unpaired) electrons. The number of benzene rings is 6. The van der Waals surface area contributed by atoms with E-state index in [0.29, 0.717) is 65.5 Å². The summed E-state index contributed by atoms with van der Waals surface area (Å²) < 4.78 is 0. The fourth-order valence-corrected chi connectivity index (χ4v) is 14.6. The first kappa shape index (κ1) is 91.2. The van der Waals surface area contributed by atoms with E-state index in [4.69, 9.17) is 0 Å². The Labute approximate surface area is 547 Å². The Hall–Kier alpha value is -4.50. The molecule has 0 aromatic heterocycles. The Morgan fingerprint density at radius 2 is 0.460 bits per heavy atom. The van der Waals surface area contributed by atoms with Crippen molar-refractivity contribution in [2.24, 2.45) is 17.8 Å². The first-order valence-electron chi connectivity index (χ1n) is 34.3. The summed E-state index contributed by atoms with van der Waals surface area (Å²) in [4.78, 5) is 8.35. The van der Waals surface area contributed by atoms with Crippen LogP contribution in [0.25, 0.3) is 32.3 Å². The molecule has 6 aliphatic rings. The zero-order valence-corrected chi connectivity index (χ0v) is 58.7. The topological polar surface area (TPSA) is 9.72 Å². The Bertz CT molecular complexity index is 2710. The summed E-state index contributed by atoms with van der Waals surface area (Å²) in [7, 11) is 0. The molecule has 3 heterocycles. The van der Waals surface area contributed by atoms with Crippen LogP contribution in [0.15, 0.2) is 72.8 Å². The van der Waals surface area contributed by atoms with Crippen molar-refractivity contribution < 1.29 is 0 Å². The van der Waals surface area contributed by atoms with Crippen LogP contribution in [0.1, 0.15) is 345 Å². The molecular formula is C84H151N3. The van der Waals surface area contributed by atoms with Gasteiger partial charge in [-0.15, -0.1) is 0 Å². The second kappa shape index (κ2) is 42.5. The minimum Gasteiger partial charge on any atom is -0.368 e. The molecule has 0 bridgehead atoms. The Balaban J connectivity index is -0.000000419. The van der Waals surface area contributed by atoms with Crippen LogP contribution in [0, 0.1) is 17.8 Å². The van der Waals surface area contributed by atoms with Crippen molar-refractivity contribution in [3.63, 3.8) is 0 Å². The lowest BCUT2D eigenvalue weighted by atomic mass is 9.87. The average Bonchev–Trinajstić information content (AvgIpc) is 1.60. The summed E-state index contributed by atoms with van der Waals surface area (Å²) in [5.74, 6) is 5.69. The van der Waals surface area contributed by atoms with E-state index in [1.54, 1.807) is 67.1 Å². The number of likely N-dealkylation sites (N-methyl/N-ethyl adjacent to an activating group) is 1. The van der Waals surface area contributed by atoms with Gasteiger partial charge in [-0.3, -0.25) is 0 Å². The summed E-state index contributed by atoms with van der Waals surface area (Å²) in [5.41, 5.74) is 19.5. The van der Waals surface area contributed by atoms with Gasteiger partial charge < -0.3 is 14.7 Å². The number of anilines is 3. The quantitative estimate of drug-likeness (QED) is 0.175. The van der Waals surface area contributed by atoms with Gasteiger partial charge in [0.15, 0.2) is 0 Å². The van der Waals surface area contributed by atoms with Gasteiger partial charge in [0.2, 0.25) is 0 Å². The van der Waals surface area contributed by atoms with E-state index in [1.807, 2.05) is 125 Å². The summed E-state index contributed by atoms with van der Waals surface area (Å²) >= 11 is 0. The molecule has 0 amide bonds. The van der Waals surface area contributed by atoms with Crippen LogP contribution in [-0.2, 0) is 19.3 Å². The van der Waals surface area contributed by atoms with Gasteiger partial charge in [0.25, 0.3) is 0 Å². The molecule has 6 aromatic rings. The molecule has 0 saturated heterocycles. The Morgan fingerprint density at radius 3 is 0.667 bits per heavy atom. The number of hydrogen-bond donors (Lipinski definition) is 0. The zero-order valence-electron chi connectivity index (χ0n) is 58.7. The highest BCUT2D eigenvalue weighted by molar-refractivity contribution is 6.01. The number of rotatable bonds is 3. The van der Waals surface area contributed by atoms with E-state index < -0.39 is 0 Å². The van der Waals surface area contributed by atoms with Gasteiger partial charge in [0, 0.05) is 59.5 Å². The molecule has 0 fully saturated rings. The standard InChI is InChI=1S/C39H46N2.C21H27N.9C2H6.6CH4/c1-20-17-32-34(22(20)3)28-13-9-11-15-30(28)36-24(5)26(7)40(38(32)36)19-41-27(8)25(6)37-31-16-12-10-14-29(31)35-23(4)21(2)18-33(35)39(37)41;1-6-22-15(5)14(4)20-17-10-8-7-9-16(17)19-13(3)12(2)11-18(19)21(20)22;9*1-2;;;;;;/h9-16,20-27H,17-19H2,1-8H3;7-10,12-15H,6,11H2,1-5H3;9*1-2H3;6*1H4/t20-,21-,22-,23-,24+,25+,26-,27-;12-,13-,14+,15-;;;;;;;;;;;;;;;/m00.............../s1. The van der Waals surface area contributed by atoms with E-state index >= 15 is 0 Å². The van der Waals surface area contributed by atoms with E-state index in [2.05, 4.69) is 178 Å². The van der Waals surface area contributed by atoms with Crippen LogP contribution in [-0.4, -0.2) is 31.3 Å². The lowest BCUT2D eigenvalue weighted by Gasteiger charge is -2.37. The van der Waals surface area contributed by atoms with Gasteiger partial charge in [-0.1, -0.05) is 304 Å². The second-order valence-corrected chi connectivity index (χ2v) is 22.0. The molecule has 0 unspecified atom stereocenters. The summed E-state index contributed by atoms with van der Waals surface area (Å²) in [6.07, 6.45) is 3.66. The molecule has 3 heteroatoms. The van der Waals surface area contributed by atoms with Gasteiger partial charge >= 0.3 is 0 Å². The first-order chi connectivity index (χ1) is 39.3. The van der Waals surface area contributed by atoms with Gasteiger partial charge in [-0.25, -0.2) is 0 Å². The van der Waals surface area contributed by atoms with Crippen molar-refractivity contribution in [3.05, 3.63) is 123 Å². The van der Waals surface area contributed by atoms with Crippen LogP contribution >= 0.6 is 0 Å². The highest BCUT2D eigenvalue weighted by Crippen LogP contribution is 2.58. The van der Waals surface area contributed by atoms with Crippen molar-refractivity contribution >= 4 is 49.4 Å². The maximum absolute atomic E-state index is 2.84. The summed E-state index contributed by atoms with van der Waals surface area (Å²) in [6, 6.07) is 29.4. The minimum atomic E-state index is 0. The molecule has 12 atom stereocenters. The Kier molecular flexibility index (Phi) is 44.5. The average molecular weight is 1200 g/mol. The predicted octanol–water partition coefficient (Wildman–Crippen LogP) is 28.4. The molecule has 502 valence electrons. The predicted molar refractivity (Wildman–Crippen MR) is 415 cm³/mol. The molecule has 3 aliphatic carbocycles. The van der Waals surface area contributed by atoms with Crippen LogP contribution in [0.3, 0.4) is 0 Å². The van der Waals surface area contributed by atoms with Crippen LogP contribution in [0.2, 0.25) is 0 Å². The molecule has 3 aliphatic heterocycles. The highest BCUT2D eigenvalue weighted by atomic mass is 15.4. The largest absolute Gasteiger partial charge is 0.368 e. The molecular weight excluding hydrogens is 1050 g/mol. The lowest BCUT2D eigenvalue weighted by Crippen LogP contribution is -2.45. The molecule has 3 nitrogen and oxygen atoms in total. The lowest BCUT2D eigenvalue weighted by molar-refractivity contribution is 0.528. The fourth-order valence-electron chi connectivity index (χ4n) is 14.6. The van der Waals surface area contributed by atoms with Crippen molar-refractivity contribution in [1.82, 2.24) is 0 Å². The van der Waals surface area contributed by atoms with Crippen LogP contribution < -0.4 is 14.7 Å². The van der Waals surface area contributed by atoms with E-state index in [9.17, 15) is 0 Å². The monoisotopic (exact) mass is 1200 g/mol. The summed E-state index contributed by atoms with van der Waals surface area (Å²) in [6.45, 7) is 69.9. The molecule has 12 rings (SSSR count). The van der Waals surface area contributed by atoms with Gasteiger partial charge in [0.05, 0.1) is 6.67 Å². The number of fused-ring (bicyclic) bond motifs is 18. The maximum Gasteiger partial charge on any atom is 0.0909 e. The van der Waals surface area contributed by atoms with Crippen molar-refractivity contribution in [2.75, 3.05) is 27.9 Å². The highest BCUT2D eigenvalue weighted by Gasteiger charge is 2.46. The normalized spacial score (nSPS) is 23.1. The second-order valence-electron chi connectivity index (χ2n) is 22.0. The first-order valence-corrected chi connectivity index (χ1v) is 34.3. The van der Waals surface area contributed by atoms with E-state index in [0.717, 1.165) is 19.1 Å². The smallest absolute Gasteiger partial charge is 0.0909 e. The molecule has 0 N–H and O–H groups in total. The van der Waals surface area contributed by atoms with Crippen LogP contribution in [0.4, 0.5) is 17.1 Å². The van der Waals surface area contributed by atoms with Gasteiger partial charge in [-0.2, -0.15) is 0 Å². The van der Waals surface area contributed by atoms with Gasteiger partial charge in [-0.05, 0) is 165 Å². The zero-order chi connectivity index (χ0) is 62.1. The Morgan fingerprint density at radius 1 is 0.276 bits per heavy atom. The summed E-state index contributed by atoms with van der Waals surface area (Å²) in [5, 5.41) is 9.06. The molecule has 0 saturated carbocycles. The third-order valence-corrected chi connectivity index (χ3v) is 19.1. The van der Waals surface area contributed by atoms with Crippen molar-refractivity contribution in [2.45, 2.75) is 332 Å². The third-order valence-electron chi connectivity index (χ3n) is 19.1. The molecule has 87 heavy (non-hydrogen) atoms. The molecule has 0 spiro atoms. The van der Waals surface area contributed by atoms with Crippen molar-refractivity contribution in [1.29, 1.82) is 0 Å². The minimum absolute atomic E-state index is 0. The number of hydrogen-bond acceptors (Lipinski definition) is 3. The SMILES string of the molecule is C.C.C.C.C.C.CC.CC.CC.CC.CC.CC.CC.CC.CC.CCN1c2c3c(c4ccccc4c2[C@H](C)[C@@H]1C)[C@@H](C)[C@@H](C)C3.C[C@@H]1c2c(c3c(c4ccccc24)[C@H](C)[C@H](C)N3CN2c3c4c(c5ccccc5c3[C@H](C)[C@@H]2C)[C@@H](C)[C@@H](C)C4)C[C@@H]1C. The van der Waals surface area contributed by atoms with Crippen molar-refractivity contribution in [3.8, 4) is 0 Å². The third kappa shape index (κ3) is 16.2. The van der Waals surface area contributed by atoms with Gasteiger partial charge in [0.1, 0.15) is 0 Å². The van der Waals surface area contributed by atoms with E-state index in [1.165, 1.54) is 51.6 Å². The van der Waals surface area contributed by atoms with Crippen LogP contribution in [0.5, 0.6) is 0 Å². The van der Waals surface area contributed by atoms with E-state index in [-0.39, 0.29) is 44.6 Å².